The molecule has 0 rings (SSSR count). The highest BCUT2D eigenvalue weighted by Gasteiger charge is 1.81. The molecule has 0 unspecified atom stereocenters. The Morgan fingerprint density at radius 1 is 1.07 bits per heavy atom. The highest BCUT2D eigenvalue weighted by Crippen LogP contribution is 1.69. The minimum absolute atomic E-state index is 0.211. The molecule has 0 saturated carbocycles. The maximum atomic E-state index is 9.82. The average molecular weight is 240 g/mol. The van der Waals surface area contributed by atoms with E-state index < -0.39 is 10.8 Å². The van der Waals surface area contributed by atoms with Gasteiger partial charge in [0.25, 0.3) is 0 Å². The van der Waals surface area contributed by atoms with Gasteiger partial charge in [-0.15, -0.1) is 0 Å². The summed E-state index contributed by atoms with van der Waals surface area (Å²) >= 11 is 0. The van der Waals surface area contributed by atoms with E-state index in [1.54, 1.807) is 19.4 Å². The zero-order chi connectivity index (χ0) is 12.7. The Morgan fingerprint density at radius 2 is 1.40 bits per heavy atom. The number of hydrogen-bond acceptors (Lipinski definition) is 4. The van der Waals surface area contributed by atoms with Crippen LogP contribution in [0.5, 0.6) is 0 Å². The molecular formula is C10H24O4S. The average Bonchev–Trinajstić information content (AvgIpc) is 2.05. The zero-order valence-electron chi connectivity index (χ0n) is 10.7. The summed E-state index contributed by atoms with van der Waals surface area (Å²) in [5.74, 6) is -0.211. The van der Waals surface area contributed by atoms with Crippen LogP contribution in [0.1, 0.15) is 27.7 Å². The van der Waals surface area contributed by atoms with Crippen molar-refractivity contribution in [3.05, 3.63) is 0 Å². The van der Waals surface area contributed by atoms with Gasteiger partial charge in [0.1, 0.15) is 0 Å². The summed E-state index contributed by atoms with van der Waals surface area (Å²) in [5, 5.41) is 0. The monoisotopic (exact) mass is 240 g/mol. The number of hydrogen-bond donors (Lipinski definition) is 0. The third kappa shape index (κ3) is 86.8. The largest absolute Gasteiger partial charge is 0.466 e. The Balaban J connectivity index is -0.000000147. The fraction of sp³-hybridized carbons (Fsp3) is 0.900. The summed E-state index contributed by atoms with van der Waals surface area (Å²) in [6.45, 7) is 9.32. The van der Waals surface area contributed by atoms with E-state index in [0.717, 1.165) is 13.2 Å². The maximum absolute atomic E-state index is 9.82. The van der Waals surface area contributed by atoms with Crippen LogP contribution in [0.4, 0.5) is 0 Å². The predicted octanol–water partition coefficient (Wildman–Crippen LogP) is 1.61. The van der Waals surface area contributed by atoms with Crippen LogP contribution >= 0.6 is 0 Å². The smallest absolute Gasteiger partial charge is 0.302 e. The lowest BCUT2D eigenvalue weighted by Crippen LogP contribution is -1.95. The van der Waals surface area contributed by atoms with Crippen LogP contribution < -0.4 is 0 Å². The lowest BCUT2D eigenvalue weighted by molar-refractivity contribution is -0.140. The molecule has 0 aliphatic carbocycles. The molecule has 0 fully saturated rings. The lowest BCUT2D eigenvalue weighted by Gasteiger charge is -1.89. The zero-order valence-corrected chi connectivity index (χ0v) is 11.5. The van der Waals surface area contributed by atoms with Gasteiger partial charge < -0.3 is 9.47 Å². The summed E-state index contributed by atoms with van der Waals surface area (Å²) in [4.78, 5) is 9.82. The molecule has 0 aliphatic rings. The van der Waals surface area contributed by atoms with Crippen LogP contribution in [0.15, 0.2) is 0 Å². The van der Waals surface area contributed by atoms with Crippen molar-refractivity contribution in [1.82, 2.24) is 0 Å². The van der Waals surface area contributed by atoms with Crippen LogP contribution in [-0.4, -0.2) is 42.5 Å². The highest BCUT2D eigenvalue weighted by molar-refractivity contribution is 7.83. The van der Waals surface area contributed by atoms with E-state index in [1.807, 2.05) is 13.8 Å². The van der Waals surface area contributed by atoms with Crippen molar-refractivity contribution >= 4 is 16.8 Å². The number of rotatable bonds is 3. The van der Waals surface area contributed by atoms with Crippen LogP contribution in [0.3, 0.4) is 0 Å². The number of ether oxygens (including phenoxy) is 2. The first-order valence-corrected chi connectivity index (χ1v) is 6.85. The molecule has 15 heavy (non-hydrogen) atoms. The number of carbonyl (C=O) groups is 1. The molecular weight excluding hydrogens is 216 g/mol. The fourth-order valence-corrected chi connectivity index (χ4v) is 0.407. The second kappa shape index (κ2) is 19.2. The Labute approximate surface area is 95.8 Å². The molecule has 4 nitrogen and oxygen atoms in total. The van der Waals surface area contributed by atoms with Crippen molar-refractivity contribution in [3.63, 3.8) is 0 Å². The standard InChI is InChI=1S/C4H8O2.C4H10O.C2H6OS/c1-3-6-4(2)5;1-3-5-4-2;1-4(2)3/h3H2,1-2H3;3-4H2,1-2H3;1-2H3. The molecule has 5 heteroatoms. The fourth-order valence-electron chi connectivity index (χ4n) is 0.407. The van der Waals surface area contributed by atoms with Crippen molar-refractivity contribution in [1.29, 1.82) is 0 Å². The van der Waals surface area contributed by atoms with Crippen molar-refractivity contribution in [2.24, 2.45) is 0 Å². The summed E-state index contributed by atoms with van der Waals surface area (Å²) < 4.78 is 18.8. The molecule has 0 atom stereocenters. The van der Waals surface area contributed by atoms with Crippen molar-refractivity contribution < 1.29 is 18.5 Å². The van der Waals surface area contributed by atoms with Crippen LogP contribution in [0.25, 0.3) is 0 Å². The molecule has 0 heterocycles. The van der Waals surface area contributed by atoms with Gasteiger partial charge in [-0.05, 0) is 20.8 Å². The van der Waals surface area contributed by atoms with Gasteiger partial charge in [-0.3, -0.25) is 9.00 Å². The predicted molar refractivity (Wildman–Crippen MR) is 64.5 cm³/mol. The number of esters is 1. The van der Waals surface area contributed by atoms with Crippen LogP contribution in [0.2, 0.25) is 0 Å². The van der Waals surface area contributed by atoms with Gasteiger partial charge in [0, 0.05) is 43.4 Å². The minimum atomic E-state index is -0.611. The van der Waals surface area contributed by atoms with E-state index in [1.165, 1.54) is 6.92 Å². The topological polar surface area (TPSA) is 52.6 Å². The second-order valence-electron chi connectivity index (χ2n) is 2.45. The molecule has 0 radical (unpaired) electrons. The minimum Gasteiger partial charge on any atom is -0.466 e. The van der Waals surface area contributed by atoms with E-state index in [0.29, 0.717) is 6.61 Å². The van der Waals surface area contributed by atoms with E-state index in [9.17, 15) is 9.00 Å². The first kappa shape index (κ1) is 20.1. The molecule has 0 bridgehead atoms. The van der Waals surface area contributed by atoms with E-state index in [4.69, 9.17) is 4.74 Å². The summed E-state index contributed by atoms with van der Waals surface area (Å²) in [6, 6.07) is 0. The molecule has 0 aromatic carbocycles. The van der Waals surface area contributed by atoms with E-state index >= 15 is 0 Å². The van der Waals surface area contributed by atoms with Crippen molar-refractivity contribution in [2.75, 3.05) is 32.3 Å². The molecule has 0 saturated heterocycles. The SMILES string of the molecule is CCOC(C)=O.CCOCC.CS(C)=O. The molecule has 0 spiro atoms. The van der Waals surface area contributed by atoms with Gasteiger partial charge in [-0.2, -0.15) is 0 Å². The Bertz CT molecular complexity index is 142. The summed E-state index contributed by atoms with van der Waals surface area (Å²) in [7, 11) is -0.611. The van der Waals surface area contributed by atoms with Gasteiger partial charge in [0.05, 0.1) is 6.61 Å². The Kier molecular flexibility index (Phi) is 25.7. The van der Waals surface area contributed by atoms with Crippen LogP contribution in [0, 0.1) is 0 Å². The third-order valence-corrected chi connectivity index (χ3v) is 0.756. The second-order valence-corrected chi connectivity index (χ2v) is 3.93. The first-order chi connectivity index (χ1) is 6.92. The van der Waals surface area contributed by atoms with Crippen molar-refractivity contribution in [3.8, 4) is 0 Å². The normalized spacial score (nSPS) is 8.20. The summed E-state index contributed by atoms with van der Waals surface area (Å²) in [5.41, 5.74) is 0. The first-order valence-electron chi connectivity index (χ1n) is 4.88. The molecule has 0 aromatic rings. The van der Waals surface area contributed by atoms with Gasteiger partial charge in [0.15, 0.2) is 0 Å². The van der Waals surface area contributed by atoms with Gasteiger partial charge in [-0.1, -0.05) is 0 Å². The lowest BCUT2D eigenvalue weighted by atomic mass is 10.8. The van der Waals surface area contributed by atoms with E-state index in [-0.39, 0.29) is 5.97 Å². The highest BCUT2D eigenvalue weighted by atomic mass is 32.2. The molecule has 0 amide bonds. The van der Waals surface area contributed by atoms with Crippen molar-refractivity contribution in [2.45, 2.75) is 27.7 Å². The Hall–Kier alpha value is -0.420. The maximum Gasteiger partial charge on any atom is 0.302 e. The van der Waals surface area contributed by atoms with Gasteiger partial charge in [0.2, 0.25) is 0 Å². The van der Waals surface area contributed by atoms with Gasteiger partial charge in [-0.25, -0.2) is 0 Å². The third-order valence-electron chi connectivity index (χ3n) is 0.756. The van der Waals surface area contributed by atoms with Crippen LogP contribution in [-0.2, 0) is 25.1 Å². The molecule has 0 aromatic heterocycles. The molecule has 94 valence electrons. The van der Waals surface area contributed by atoms with E-state index in [2.05, 4.69) is 4.74 Å². The summed E-state index contributed by atoms with van der Waals surface area (Å²) in [6.07, 6.45) is 3.28. The molecule has 0 N–H and O–H groups in total. The quantitative estimate of drug-likeness (QED) is 0.703. The molecule has 0 aliphatic heterocycles. The van der Waals surface area contributed by atoms with Gasteiger partial charge >= 0.3 is 5.97 Å². The number of carbonyl (C=O) groups excluding carboxylic acids is 1. The Morgan fingerprint density at radius 3 is 1.40 bits per heavy atom.